The highest BCUT2D eigenvalue weighted by Crippen LogP contribution is 2.24. The van der Waals surface area contributed by atoms with E-state index in [1.54, 1.807) is 0 Å². The van der Waals surface area contributed by atoms with Crippen LogP contribution < -0.4 is 0 Å². The molecule has 0 atom stereocenters. The summed E-state index contributed by atoms with van der Waals surface area (Å²) in [5, 5.41) is 7.93. The third-order valence-corrected chi connectivity index (χ3v) is 2.16. The van der Waals surface area contributed by atoms with E-state index in [0.717, 1.165) is 0 Å². The molecule has 0 amide bonds. The van der Waals surface area contributed by atoms with Crippen LogP contribution in [0.15, 0.2) is 22.6 Å². The highest BCUT2D eigenvalue weighted by Gasteiger charge is 2.12. The van der Waals surface area contributed by atoms with Gasteiger partial charge in [-0.3, -0.25) is 0 Å². The number of nitrogens with zero attached hydrogens (tertiary/aromatic N) is 2. The molecular formula is C10H8ClFN2O. The largest absolute Gasteiger partial charge is 0.421 e. The van der Waals surface area contributed by atoms with E-state index in [1.807, 2.05) is 6.92 Å². The van der Waals surface area contributed by atoms with E-state index in [2.05, 4.69) is 10.2 Å². The molecule has 0 fully saturated rings. The van der Waals surface area contributed by atoms with Crippen LogP contribution in [-0.4, -0.2) is 10.2 Å². The Morgan fingerprint density at radius 1 is 1.40 bits per heavy atom. The van der Waals surface area contributed by atoms with Crippen molar-refractivity contribution in [2.75, 3.05) is 0 Å². The molecule has 0 bridgehead atoms. The van der Waals surface area contributed by atoms with Gasteiger partial charge in [0.15, 0.2) is 0 Å². The van der Waals surface area contributed by atoms with Crippen molar-refractivity contribution in [1.29, 1.82) is 0 Å². The van der Waals surface area contributed by atoms with Crippen LogP contribution in [0.2, 0.25) is 5.02 Å². The second-order valence-corrected chi connectivity index (χ2v) is 3.42. The molecule has 0 radical (unpaired) electrons. The van der Waals surface area contributed by atoms with Gasteiger partial charge in [-0.2, -0.15) is 0 Å². The molecule has 0 unspecified atom stereocenters. The minimum absolute atomic E-state index is 0.159. The normalized spacial score (nSPS) is 10.6. The zero-order chi connectivity index (χ0) is 10.8. The molecule has 1 aromatic carbocycles. The van der Waals surface area contributed by atoms with Gasteiger partial charge in [0, 0.05) is 11.4 Å². The first kappa shape index (κ1) is 10.1. The van der Waals surface area contributed by atoms with Crippen LogP contribution >= 0.6 is 11.6 Å². The van der Waals surface area contributed by atoms with Crippen LogP contribution in [0.3, 0.4) is 0 Å². The fraction of sp³-hybridized carbons (Fsp3) is 0.200. The van der Waals surface area contributed by atoms with Gasteiger partial charge in [0.25, 0.3) is 5.89 Å². The zero-order valence-corrected chi connectivity index (χ0v) is 8.75. The van der Waals surface area contributed by atoms with E-state index in [0.29, 0.717) is 17.3 Å². The number of hydrogen-bond donors (Lipinski definition) is 0. The Balaban J connectivity index is 2.48. The van der Waals surface area contributed by atoms with Crippen molar-refractivity contribution >= 4 is 11.6 Å². The molecule has 0 saturated heterocycles. The van der Waals surface area contributed by atoms with Crippen molar-refractivity contribution in [2.45, 2.75) is 13.3 Å². The second kappa shape index (κ2) is 3.98. The van der Waals surface area contributed by atoms with Crippen LogP contribution in [0.4, 0.5) is 4.39 Å². The Morgan fingerprint density at radius 3 is 2.87 bits per heavy atom. The molecule has 5 heteroatoms. The maximum Gasteiger partial charge on any atom is 0.250 e. The number of rotatable bonds is 2. The van der Waals surface area contributed by atoms with Gasteiger partial charge in [0.2, 0.25) is 5.89 Å². The molecule has 1 heterocycles. The van der Waals surface area contributed by atoms with E-state index in [9.17, 15) is 4.39 Å². The molecule has 0 spiro atoms. The predicted molar refractivity (Wildman–Crippen MR) is 54.1 cm³/mol. The first-order valence-corrected chi connectivity index (χ1v) is 4.86. The highest BCUT2D eigenvalue weighted by molar-refractivity contribution is 6.30. The molecule has 1 aromatic heterocycles. The number of hydrogen-bond acceptors (Lipinski definition) is 3. The van der Waals surface area contributed by atoms with Gasteiger partial charge in [-0.1, -0.05) is 18.5 Å². The van der Waals surface area contributed by atoms with Crippen molar-refractivity contribution in [2.24, 2.45) is 0 Å². The summed E-state index contributed by atoms with van der Waals surface area (Å²) in [5.74, 6) is 0.210. The Kier molecular flexibility index (Phi) is 2.68. The summed E-state index contributed by atoms with van der Waals surface area (Å²) >= 11 is 5.75. The van der Waals surface area contributed by atoms with Crippen LogP contribution in [0.5, 0.6) is 0 Å². The van der Waals surface area contributed by atoms with Gasteiger partial charge in [0.1, 0.15) is 5.82 Å². The maximum absolute atomic E-state index is 13.4. The minimum Gasteiger partial charge on any atom is -0.421 e. The van der Waals surface area contributed by atoms with Crippen molar-refractivity contribution in [1.82, 2.24) is 10.2 Å². The Morgan fingerprint density at radius 2 is 2.20 bits per heavy atom. The summed E-state index contributed by atoms with van der Waals surface area (Å²) in [4.78, 5) is 0. The quantitative estimate of drug-likeness (QED) is 0.790. The average Bonchev–Trinajstić information content (AvgIpc) is 2.70. The summed E-state index contributed by atoms with van der Waals surface area (Å²) < 4.78 is 18.6. The van der Waals surface area contributed by atoms with Gasteiger partial charge >= 0.3 is 0 Å². The lowest BCUT2D eigenvalue weighted by atomic mass is 10.2. The second-order valence-electron chi connectivity index (χ2n) is 2.98. The first-order chi connectivity index (χ1) is 7.20. The summed E-state index contributed by atoms with van der Waals surface area (Å²) in [6, 6.07) is 4.20. The smallest absolute Gasteiger partial charge is 0.250 e. The van der Waals surface area contributed by atoms with Crippen molar-refractivity contribution < 1.29 is 8.81 Å². The molecule has 0 aliphatic rings. The monoisotopic (exact) mass is 226 g/mol. The fourth-order valence-corrected chi connectivity index (χ4v) is 1.34. The fourth-order valence-electron chi connectivity index (χ4n) is 1.17. The third-order valence-electron chi connectivity index (χ3n) is 1.93. The van der Waals surface area contributed by atoms with E-state index in [1.165, 1.54) is 18.2 Å². The van der Waals surface area contributed by atoms with E-state index in [4.69, 9.17) is 16.0 Å². The number of aryl methyl sites for hydroxylation is 1. The first-order valence-electron chi connectivity index (χ1n) is 4.48. The molecule has 2 rings (SSSR count). The van der Waals surface area contributed by atoms with Crippen LogP contribution in [0, 0.1) is 5.82 Å². The van der Waals surface area contributed by atoms with E-state index >= 15 is 0 Å². The maximum atomic E-state index is 13.4. The number of benzene rings is 1. The predicted octanol–water partition coefficient (Wildman–Crippen LogP) is 3.09. The Labute approximate surface area is 90.9 Å². The van der Waals surface area contributed by atoms with E-state index < -0.39 is 5.82 Å². The molecule has 0 aliphatic carbocycles. The molecule has 78 valence electrons. The number of halogens is 2. The van der Waals surface area contributed by atoms with Gasteiger partial charge in [-0.15, -0.1) is 10.2 Å². The summed E-state index contributed by atoms with van der Waals surface area (Å²) in [6.45, 7) is 1.88. The van der Waals surface area contributed by atoms with Crippen molar-refractivity contribution in [3.8, 4) is 11.5 Å². The molecular weight excluding hydrogens is 219 g/mol. The van der Waals surface area contributed by atoms with Crippen LogP contribution in [0.25, 0.3) is 11.5 Å². The SMILES string of the molecule is CCc1nnc(-c2cc(Cl)ccc2F)o1. The highest BCUT2D eigenvalue weighted by atomic mass is 35.5. The molecule has 0 aliphatic heterocycles. The van der Waals surface area contributed by atoms with Crippen LogP contribution in [0.1, 0.15) is 12.8 Å². The lowest BCUT2D eigenvalue weighted by Gasteiger charge is -1.97. The topological polar surface area (TPSA) is 38.9 Å². The molecule has 3 nitrogen and oxygen atoms in total. The Hall–Kier alpha value is -1.42. The average molecular weight is 227 g/mol. The molecule has 0 N–H and O–H groups in total. The van der Waals surface area contributed by atoms with Crippen molar-refractivity contribution in [3.05, 3.63) is 34.9 Å². The standard InChI is InChI=1S/C10H8ClFN2O/c1-2-9-13-14-10(15-9)7-5-6(11)3-4-8(7)12/h3-5H,2H2,1H3. The summed E-state index contributed by atoms with van der Waals surface area (Å²) in [5.41, 5.74) is 0.231. The number of aromatic nitrogens is 2. The lowest BCUT2D eigenvalue weighted by molar-refractivity contribution is 0.508. The minimum atomic E-state index is -0.425. The lowest BCUT2D eigenvalue weighted by Crippen LogP contribution is -1.84. The zero-order valence-electron chi connectivity index (χ0n) is 8.00. The summed E-state index contributed by atoms with van der Waals surface area (Å²) in [7, 11) is 0. The Bertz CT molecular complexity index is 484. The van der Waals surface area contributed by atoms with Gasteiger partial charge in [-0.25, -0.2) is 4.39 Å². The molecule has 0 saturated carbocycles. The third kappa shape index (κ3) is 1.99. The van der Waals surface area contributed by atoms with Gasteiger partial charge < -0.3 is 4.42 Å². The van der Waals surface area contributed by atoms with Gasteiger partial charge in [0.05, 0.1) is 5.56 Å². The summed E-state index contributed by atoms with van der Waals surface area (Å²) in [6.07, 6.45) is 0.620. The molecule has 2 aromatic rings. The van der Waals surface area contributed by atoms with E-state index in [-0.39, 0.29) is 11.5 Å². The van der Waals surface area contributed by atoms with Crippen LogP contribution in [-0.2, 0) is 6.42 Å². The van der Waals surface area contributed by atoms with Gasteiger partial charge in [-0.05, 0) is 18.2 Å². The van der Waals surface area contributed by atoms with Crippen molar-refractivity contribution in [3.63, 3.8) is 0 Å². The molecule has 15 heavy (non-hydrogen) atoms.